The highest BCUT2D eigenvalue weighted by Gasteiger charge is 2.34. The predicted octanol–water partition coefficient (Wildman–Crippen LogP) is 0.852. The first-order valence-corrected chi connectivity index (χ1v) is 5.81. The van der Waals surface area contributed by atoms with Crippen molar-refractivity contribution in [2.24, 2.45) is 16.6 Å². The molecule has 1 saturated carbocycles. The van der Waals surface area contributed by atoms with Crippen LogP contribution in [-0.2, 0) is 0 Å². The summed E-state index contributed by atoms with van der Waals surface area (Å²) in [7, 11) is 0. The molecule has 0 aliphatic heterocycles. The summed E-state index contributed by atoms with van der Waals surface area (Å²) in [6, 6.07) is 0. The third-order valence-corrected chi connectivity index (χ3v) is 3.12. The van der Waals surface area contributed by atoms with Gasteiger partial charge in [0.15, 0.2) is 5.96 Å². The molecule has 0 aromatic carbocycles. The van der Waals surface area contributed by atoms with Crippen molar-refractivity contribution >= 4 is 5.96 Å². The van der Waals surface area contributed by atoms with Crippen LogP contribution in [0.2, 0.25) is 0 Å². The quantitative estimate of drug-likeness (QED) is 0.481. The van der Waals surface area contributed by atoms with E-state index in [1.807, 2.05) is 6.92 Å². The second-order valence-corrected chi connectivity index (χ2v) is 4.62. The van der Waals surface area contributed by atoms with E-state index in [4.69, 9.17) is 5.73 Å². The summed E-state index contributed by atoms with van der Waals surface area (Å²) in [6.07, 6.45) is 4.35. The smallest absolute Gasteiger partial charge is 0.189 e. The van der Waals surface area contributed by atoms with Crippen LogP contribution in [0.25, 0.3) is 0 Å². The van der Waals surface area contributed by atoms with E-state index < -0.39 is 0 Å². The van der Waals surface area contributed by atoms with E-state index in [0.717, 1.165) is 19.3 Å². The lowest BCUT2D eigenvalue weighted by Crippen LogP contribution is -2.56. The van der Waals surface area contributed by atoms with Crippen molar-refractivity contribution in [3.8, 4) is 0 Å². The molecule has 2 atom stereocenters. The van der Waals surface area contributed by atoms with Crippen molar-refractivity contribution < 1.29 is 5.11 Å². The molecule has 0 radical (unpaired) electrons. The molecular formula is C11H23N3O. The number of rotatable bonds is 3. The van der Waals surface area contributed by atoms with Gasteiger partial charge in [-0.3, -0.25) is 4.99 Å². The summed E-state index contributed by atoms with van der Waals surface area (Å²) < 4.78 is 0. The molecule has 0 spiro atoms. The molecule has 2 unspecified atom stereocenters. The highest BCUT2D eigenvalue weighted by atomic mass is 16.3. The van der Waals surface area contributed by atoms with Gasteiger partial charge in [0.1, 0.15) is 0 Å². The fourth-order valence-electron chi connectivity index (χ4n) is 2.44. The molecule has 15 heavy (non-hydrogen) atoms. The van der Waals surface area contributed by atoms with Crippen LogP contribution in [0.3, 0.4) is 0 Å². The molecule has 1 rings (SSSR count). The van der Waals surface area contributed by atoms with Gasteiger partial charge in [0.2, 0.25) is 0 Å². The third kappa shape index (κ3) is 3.38. The molecule has 1 fully saturated rings. The molecule has 1 aliphatic rings. The number of hydrogen-bond donors (Lipinski definition) is 3. The van der Waals surface area contributed by atoms with E-state index >= 15 is 0 Å². The first-order valence-electron chi connectivity index (χ1n) is 5.81. The monoisotopic (exact) mass is 213 g/mol. The van der Waals surface area contributed by atoms with Gasteiger partial charge in [-0.2, -0.15) is 0 Å². The van der Waals surface area contributed by atoms with Crippen molar-refractivity contribution in [1.29, 1.82) is 0 Å². The molecule has 0 saturated heterocycles. The standard InChI is InChI=1S/C11H23N3O/c1-3-13-10(12)14-11(8-15)6-4-5-9(2)7-11/h9,15H,3-8H2,1-2H3,(H3,12,13,14). The van der Waals surface area contributed by atoms with Gasteiger partial charge < -0.3 is 16.2 Å². The molecular weight excluding hydrogens is 190 g/mol. The van der Waals surface area contributed by atoms with E-state index in [-0.39, 0.29) is 12.1 Å². The average Bonchev–Trinajstić information content (AvgIpc) is 2.18. The maximum Gasteiger partial charge on any atom is 0.189 e. The van der Waals surface area contributed by atoms with Crippen LogP contribution in [-0.4, -0.2) is 29.8 Å². The maximum absolute atomic E-state index is 9.50. The Morgan fingerprint density at radius 3 is 2.93 bits per heavy atom. The Hall–Kier alpha value is -0.770. The Labute approximate surface area is 92.0 Å². The van der Waals surface area contributed by atoms with Gasteiger partial charge in [-0.15, -0.1) is 0 Å². The van der Waals surface area contributed by atoms with E-state index in [1.54, 1.807) is 0 Å². The highest BCUT2D eigenvalue weighted by molar-refractivity contribution is 5.78. The number of nitrogens with two attached hydrogens (primary N) is 1. The van der Waals surface area contributed by atoms with E-state index in [2.05, 4.69) is 17.2 Å². The van der Waals surface area contributed by atoms with Gasteiger partial charge >= 0.3 is 0 Å². The Kier molecular flexibility index (Phi) is 4.39. The fourth-order valence-corrected chi connectivity index (χ4v) is 2.44. The Morgan fingerprint density at radius 2 is 2.40 bits per heavy atom. The predicted molar refractivity (Wildman–Crippen MR) is 62.7 cm³/mol. The number of hydrogen-bond acceptors (Lipinski definition) is 2. The van der Waals surface area contributed by atoms with E-state index in [1.165, 1.54) is 6.42 Å². The topological polar surface area (TPSA) is 70.6 Å². The number of nitrogens with zero attached hydrogens (tertiary/aromatic N) is 1. The molecule has 4 nitrogen and oxygen atoms in total. The van der Waals surface area contributed by atoms with Gasteiger partial charge in [0, 0.05) is 6.54 Å². The largest absolute Gasteiger partial charge is 0.394 e. The van der Waals surface area contributed by atoms with Crippen molar-refractivity contribution in [2.75, 3.05) is 13.2 Å². The van der Waals surface area contributed by atoms with E-state index in [0.29, 0.717) is 18.4 Å². The molecule has 0 aromatic heterocycles. The van der Waals surface area contributed by atoms with Crippen molar-refractivity contribution in [2.45, 2.75) is 45.1 Å². The second kappa shape index (κ2) is 5.35. The highest BCUT2D eigenvalue weighted by Crippen LogP contribution is 2.31. The Bertz CT molecular complexity index is 230. The van der Waals surface area contributed by atoms with Gasteiger partial charge in [0.25, 0.3) is 0 Å². The Balaban J connectivity index is 2.63. The van der Waals surface area contributed by atoms with Crippen LogP contribution in [0.15, 0.2) is 4.99 Å². The van der Waals surface area contributed by atoms with Crippen molar-refractivity contribution in [1.82, 2.24) is 5.32 Å². The number of aliphatic hydroxyl groups is 1. The number of aliphatic imine (C=N–C) groups is 1. The lowest BCUT2D eigenvalue weighted by molar-refractivity contribution is 0.116. The lowest BCUT2D eigenvalue weighted by atomic mass is 9.77. The minimum Gasteiger partial charge on any atom is -0.394 e. The summed E-state index contributed by atoms with van der Waals surface area (Å²) in [6.45, 7) is 4.98. The van der Waals surface area contributed by atoms with Crippen LogP contribution in [0, 0.1) is 5.92 Å². The molecule has 1 aliphatic carbocycles. The summed E-state index contributed by atoms with van der Waals surface area (Å²) in [4.78, 5) is 4.11. The molecule has 0 bridgehead atoms. The van der Waals surface area contributed by atoms with Gasteiger partial charge in [-0.25, -0.2) is 0 Å². The Morgan fingerprint density at radius 1 is 1.67 bits per heavy atom. The zero-order valence-electron chi connectivity index (χ0n) is 9.79. The van der Waals surface area contributed by atoms with Gasteiger partial charge in [0.05, 0.1) is 12.1 Å². The minimum absolute atomic E-state index is 0.136. The number of aliphatic hydroxyl groups excluding tert-OH is 1. The third-order valence-electron chi connectivity index (χ3n) is 3.12. The summed E-state index contributed by atoms with van der Waals surface area (Å²) in [5.41, 5.74) is 5.51. The maximum atomic E-state index is 9.50. The SMILES string of the molecule is CCN=C(N)NC1(CO)CCCC(C)C1. The summed E-state index contributed by atoms with van der Waals surface area (Å²) in [5, 5.41) is 12.7. The summed E-state index contributed by atoms with van der Waals surface area (Å²) >= 11 is 0. The van der Waals surface area contributed by atoms with E-state index in [9.17, 15) is 5.11 Å². The molecule has 4 heteroatoms. The second-order valence-electron chi connectivity index (χ2n) is 4.62. The van der Waals surface area contributed by atoms with Gasteiger partial charge in [-0.05, 0) is 25.7 Å². The normalized spacial score (nSPS) is 32.7. The molecule has 88 valence electrons. The number of guanidine groups is 1. The molecule has 0 heterocycles. The van der Waals surface area contributed by atoms with Crippen molar-refractivity contribution in [3.05, 3.63) is 0 Å². The van der Waals surface area contributed by atoms with Crippen LogP contribution >= 0.6 is 0 Å². The summed E-state index contributed by atoms with van der Waals surface area (Å²) in [5.74, 6) is 1.11. The lowest BCUT2D eigenvalue weighted by Gasteiger charge is -2.39. The van der Waals surface area contributed by atoms with Crippen LogP contribution in [0.5, 0.6) is 0 Å². The molecule has 0 aromatic rings. The first-order chi connectivity index (χ1) is 7.12. The molecule has 0 amide bonds. The van der Waals surface area contributed by atoms with Gasteiger partial charge in [-0.1, -0.05) is 19.8 Å². The minimum atomic E-state index is -0.236. The first kappa shape index (κ1) is 12.3. The van der Waals surface area contributed by atoms with Crippen LogP contribution < -0.4 is 11.1 Å². The molecule has 4 N–H and O–H groups in total. The zero-order valence-corrected chi connectivity index (χ0v) is 9.79. The fraction of sp³-hybridized carbons (Fsp3) is 0.909. The van der Waals surface area contributed by atoms with Crippen LogP contribution in [0.1, 0.15) is 39.5 Å². The number of nitrogens with one attached hydrogen (secondary N) is 1. The average molecular weight is 213 g/mol. The zero-order chi connectivity index (χ0) is 11.3. The van der Waals surface area contributed by atoms with Crippen LogP contribution in [0.4, 0.5) is 0 Å². The van der Waals surface area contributed by atoms with Crippen molar-refractivity contribution in [3.63, 3.8) is 0 Å².